The summed E-state index contributed by atoms with van der Waals surface area (Å²) >= 11 is 5.97. The second-order valence-electron chi connectivity index (χ2n) is 9.03. The highest BCUT2D eigenvalue weighted by Gasteiger charge is 2.33. The lowest BCUT2D eigenvalue weighted by atomic mass is 10.1. The van der Waals surface area contributed by atoms with Crippen molar-refractivity contribution in [2.75, 3.05) is 24.2 Å². The largest absolute Gasteiger partial charge is 0.497 e. The van der Waals surface area contributed by atoms with Crippen LogP contribution in [0, 0.1) is 0 Å². The second kappa shape index (κ2) is 12.5. The van der Waals surface area contributed by atoms with Crippen molar-refractivity contribution < 1.29 is 22.7 Å². The summed E-state index contributed by atoms with van der Waals surface area (Å²) in [4.78, 5) is 28.5. The number of rotatable bonds is 11. The van der Waals surface area contributed by atoms with Gasteiger partial charge in [-0.3, -0.25) is 13.9 Å². The summed E-state index contributed by atoms with van der Waals surface area (Å²) in [5.74, 6) is -0.0769. The van der Waals surface area contributed by atoms with Crippen LogP contribution in [0.1, 0.15) is 44.6 Å². The zero-order valence-electron chi connectivity index (χ0n) is 20.9. The van der Waals surface area contributed by atoms with E-state index in [9.17, 15) is 18.0 Å². The fraction of sp³-hybridized carbons (Fsp3) is 0.462. The molecule has 0 heterocycles. The maximum atomic E-state index is 13.7. The fourth-order valence-corrected chi connectivity index (χ4v) is 5.45. The van der Waals surface area contributed by atoms with Crippen LogP contribution in [0.2, 0.25) is 5.02 Å². The van der Waals surface area contributed by atoms with Gasteiger partial charge in [0.25, 0.3) is 0 Å². The smallest absolute Gasteiger partial charge is 0.244 e. The Morgan fingerprint density at radius 2 is 1.81 bits per heavy atom. The van der Waals surface area contributed by atoms with E-state index in [4.69, 9.17) is 16.3 Å². The van der Waals surface area contributed by atoms with Crippen LogP contribution in [0.25, 0.3) is 0 Å². The van der Waals surface area contributed by atoms with Crippen LogP contribution in [0.15, 0.2) is 48.5 Å². The standard InChI is InChI=1S/C26H34ClN3O5S/c1-4-24(26(32)28-21-9-5-6-10-21)29(17-19-8-7-11-23(16-19)35-2)25(31)18-30(36(3,33)34)22-14-12-20(27)13-15-22/h7-8,11-16,21,24H,4-6,9-10,17-18H2,1-3H3,(H,28,32). The first-order valence-electron chi connectivity index (χ1n) is 12.1. The van der Waals surface area contributed by atoms with E-state index in [-0.39, 0.29) is 18.5 Å². The Balaban J connectivity index is 1.92. The third kappa shape index (κ3) is 7.36. The van der Waals surface area contributed by atoms with Crippen LogP contribution in [0.4, 0.5) is 5.69 Å². The Morgan fingerprint density at radius 3 is 2.39 bits per heavy atom. The maximum Gasteiger partial charge on any atom is 0.244 e. The van der Waals surface area contributed by atoms with Crippen molar-refractivity contribution in [3.05, 3.63) is 59.1 Å². The number of nitrogens with one attached hydrogen (secondary N) is 1. The van der Waals surface area contributed by atoms with Gasteiger partial charge in [-0.05, 0) is 61.2 Å². The highest BCUT2D eigenvalue weighted by Crippen LogP contribution is 2.23. The molecule has 8 nitrogen and oxygen atoms in total. The zero-order chi connectivity index (χ0) is 26.3. The van der Waals surface area contributed by atoms with Crippen molar-refractivity contribution in [1.29, 1.82) is 0 Å². The van der Waals surface area contributed by atoms with E-state index in [1.807, 2.05) is 19.1 Å². The molecule has 2 amide bonds. The molecule has 0 aromatic heterocycles. The molecule has 2 aromatic carbocycles. The van der Waals surface area contributed by atoms with Crippen molar-refractivity contribution in [3.8, 4) is 5.75 Å². The molecule has 10 heteroatoms. The number of anilines is 1. The van der Waals surface area contributed by atoms with Crippen molar-refractivity contribution in [3.63, 3.8) is 0 Å². The van der Waals surface area contributed by atoms with Crippen molar-refractivity contribution in [2.24, 2.45) is 0 Å². The lowest BCUT2D eigenvalue weighted by Gasteiger charge is -2.33. The lowest BCUT2D eigenvalue weighted by molar-refractivity contribution is -0.140. The van der Waals surface area contributed by atoms with Gasteiger partial charge in [0.2, 0.25) is 21.8 Å². The Kier molecular flexibility index (Phi) is 9.62. The highest BCUT2D eigenvalue weighted by atomic mass is 35.5. The molecular formula is C26H34ClN3O5S. The average molecular weight is 536 g/mol. The van der Waals surface area contributed by atoms with Gasteiger partial charge in [-0.1, -0.05) is 43.5 Å². The van der Waals surface area contributed by atoms with E-state index >= 15 is 0 Å². The summed E-state index contributed by atoms with van der Waals surface area (Å²) in [5, 5.41) is 3.54. The lowest BCUT2D eigenvalue weighted by Crippen LogP contribution is -2.53. The van der Waals surface area contributed by atoms with Gasteiger partial charge in [-0.2, -0.15) is 0 Å². The van der Waals surface area contributed by atoms with E-state index in [0.717, 1.165) is 41.8 Å². The monoisotopic (exact) mass is 535 g/mol. The number of amides is 2. The number of sulfonamides is 1. The van der Waals surface area contributed by atoms with Crippen LogP contribution in [0.5, 0.6) is 5.75 Å². The van der Waals surface area contributed by atoms with E-state index in [0.29, 0.717) is 22.9 Å². The first-order valence-corrected chi connectivity index (χ1v) is 14.3. The molecule has 1 aliphatic rings. The molecule has 3 rings (SSSR count). The van der Waals surface area contributed by atoms with Gasteiger partial charge in [0, 0.05) is 17.6 Å². The van der Waals surface area contributed by atoms with Crippen LogP contribution in [0.3, 0.4) is 0 Å². The molecule has 0 bridgehead atoms. The predicted octanol–water partition coefficient (Wildman–Crippen LogP) is 3.98. The Morgan fingerprint density at radius 1 is 1.14 bits per heavy atom. The minimum atomic E-state index is -3.79. The van der Waals surface area contributed by atoms with Crippen molar-refractivity contribution >= 4 is 39.1 Å². The summed E-state index contributed by atoms with van der Waals surface area (Å²) < 4.78 is 31.6. The predicted molar refractivity (Wildman–Crippen MR) is 142 cm³/mol. The number of methoxy groups -OCH3 is 1. The Labute approximate surface area is 218 Å². The SMILES string of the molecule is CCC(C(=O)NC1CCCC1)N(Cc1cccc(OC)c1)C(=O)CN(c1ccc(Cl)cc1)S(C)(=O)=O. The van der Waals surface area contributed by atoms with Gasteiger partial charge in [0.1, 0.15) is 18.3 Å². The highest BCUT2D eigenvalue weighted by molar-refractivity contribution is 7.92. The molecule has 0 spiro atoms. The van der Waals surface area contributed by atoms with Crippen molar-refractivity contribution in [2.45, 2.75) is 57.7 Å². The molecule has 0 saturated heterocycles. The fourth-order valence-electron chi connectivity index (χ4n) is 4.48. The molecular weight excluding hydrogens is 502 g/mol. The van der Waals surface area contributed by atoms with E-state index in [1.54, 1.807) is 43.5 Å². The zero-order valence-corrected chi connectivity index (χ0v) is 22.5. The molecule has 1 unspecified atom stereocenters. The summed E-state index contributed by atoms with van der Waals surface area (Å²) in [5.41, 5.74) is 1.09. The van der Waals surface area contributed by atoms with Gasteiger partial charge in [0.05, 0.1) is 19.1 Å². The number of nitrogens with zero attached hydrogens (tertiary/aromatic N) is 2. The summed E-state index contributed by atoms with van der Waals surface area (Å²) in [7, 11) is -2.23. The normalized spacial score (nSPS) is 14.8. The number of halogens is 1. The molecule has 1 N–H and O–H groups in total. The Hall–Kier alpha value is -2.78. The number of carbonyl (C=O) groups is 2. The molecule has 1 atom stereocenters. The van der Waals surface area contributed by atoms with Gasteiger partial charge in [-0.15, -0.1) is 0 Å². The minimum Gasteiger partial charge on any atom is -0.497 e. The average Bonchev–Trinajstić information content (AvgIpc) is 3.35. The molecule has 2 aromatic rings. The van der Waals surface area contributed by atoms with Crippen LogP contribution in [-0.2, 0) is 26.2 Å². The van der Waals surface area contributed by atoms with E-state index in [2.05, 4.69) is 5.32 Å². The number of hydrogen-bond acceptors (Lipinski definition) is 5. The third-order valence-electron chi connectivity index (χ3n) is 6.37. The molecule has 1 aliphatic carbocycles. The van der Waals surface area contributed by atoms with Crippen LogP contribution >= 0.6 is 11.6 Å². The van der Waals surface area contributed by atoms with Gasteiger partial charge >= 0.3 is 0 Å². The molecule has 1 saturated carbocycles. The quantitative estimate of drug-likeness (QED) is 0.469. The number of hydrogen-bond donors (Lipinski definition) is 1. The molecule has 196 valence electrons. The summed E-state index contributed by atoms with van der Waals surface area (Å²) in [6.45, 7) is 1.53. The van der Waals surface area contributed by atoms with Gasteiger partial charge in [0.15, 0.2) is 0 Å². The Bertz CT molecular complexity index is 1150. The number of carbonyl (C=O) groups excluding carboxylic acids is 2. The molecule has 36 heavy (non-hydrogen) atoms. The minimum absolute atomic E-state index is 0.0990. The first-order chi connectivity index (χ1) is 17.1. The van der Waals surface area contributed by atoms with Gasteiger partial charge in [-0.25, -0.2) is 8.42 Å². The second-order valence-corrected chi connectivity index (χ2v) is 11.4. The summed E-state index contributed by atoms with van der Waals surface area (Å²) in [6, 6.07) is 12.8. The topological polar surface area (TPSA) is 96.0 Å². The third-order valence-corrected chi connectivity index (χ3v) is 7.76. The van der Waals surface area contributed by atoms with Gasteiger partial charge < -0.3 is 15.0 Å². The number of ether oxygens (including phenoxy) is 1. The molecule has 1 fully saturated rings. The molecule has 0 radical (unpaired) electrons. The maximum absolute atomic E-state index is 13.7. The van der Waals surface area contributed by atoms with E-state index in [1.165, 1.54) is 4.90 Å². The molecule has 0 aliphatic heterocycles. The van der Waals surface area contributed by atoms with Crippen LogP contribution < -0.4 is 14.4 Å². The van der Waals surface area contributed by atoms with E-state index < -0.39 is 28.5 Å². The number of benzene rings is 2. The van der Waals surface area contributed by atoms with Crippen molar-refractivity contribution in [1.82, 2.24) is 10.2 Å². The summed E-state index contributed by atoms with van der Waals surface area (Å²) in [6.07, 6.45) is 5.41. The first kappa shape index (κ1) is 27.8. The van der Waals surface area contributed by atoms with Crippen LogP contribution in [-0.4, -0.2) is 57.1 Å².